The Bertz CT molecular complexity index is 724. The Hall–Kier alpha value is -2.77. The van der Waals surface area contributed by atoms with Crippen LogP contribution in [-0.2, 0) is 4.74 Å². The molecule has 0 spiro atoms. The van der Waals surface area contributed by atoms with Crippen LogP contribution in [0.2, 0.25) is 0 Å². The maximum Gasteiger partial charge on any atom is 0.409 e. The van der Waals surface area contributed by atoms with Crippen LogP contribution in [0, 0.1) is 6.92 Å². The number of nitrogens with one attached hydrogen (secondary N) is 2. The van der Waals surface area contributed by atoms with Gasteiger partial charge in [0.15, 0.2) is 0 Å². The Balaban J connectivity index is 1.57. The molecule has 8 heteroatoms. The zero-order chi connectivity index (χ0) is 19.4. The number of carbonyl (C=O) groups is 3. The van der Waals surface area contributed by atoms with Crippen LogP contribution < -0.4 is 10.6 Å². The number of hydrogen-bond acceptors (Lipinski definition) is 4. The number of anilines is 1. The maximum absolute atomic E-state index is 12.6. The summed E-state index contributed by atoms with van der Waals surface area (Å²) in [7, 11) is 0. The van der Waals surface area contributed by atoms with Gasteiger partial charge in [0.2, 0.25) is 0 Å². The van der Waals surface area contributed by atoms with E-state index in [1.807, 2.05) is 13.0 Å². The third-order valence-electron chi connectivity index (χ3n) is 4.75. The normalized spacial score (nSPS) is 16.7. The second kappa shape index (κ2) is 8.28. The number of urea groups is 1. The fraction of sp³-hybridized carbons (Fsp3) is 0.526. The minimum atomic E-state index is -0.345. The Morgan fingerprint density at radius 1 is 1.11 bits per heavy atom. The van der Waals surface area contributed by atoms with Crippen molar-refractivity contribution in [3.63, 3.8) is 0 Å². The van der Waals surface area contributed by atoms with Gasteiger partial charge in [-0.2, -0.15) is 0 Å². The van der Waals surface area contributed by atoms with E-state index in [0.717, 1.165) is 18.4 Å². The number of carbonyl (C=O) groups excluding carboxylic acids is 3. The monoisotopic (exact) mass is 374 g/mol. The Morgan fingerprint density at radius 2 is 1.78 bits per heavy atom. The second-order valence-electron chi connectivity index (χ2n) is 6.88. The molecule has 1 aromatic carbocycles. The fourth-order valence-electron chi connectivity index (χ4n) is 2.90. The van der Waals surface area contributed by atoms with E-state index in [0.29, 0.717) is 44.0 Å². The van der Waals surface area contributed by atoms with E-state index in [-0.39, 0.29) is 24.1 Å². The number of ether oxygens (including phenoxy) is 1. The van der Waals surface area contributed by atoms with Crippen molar-refractivity contribution >= 4 is 23.7 Å². The predicted molar refractivity (Wildman–Crippen MR) is 101 cm³/mol. The highest BCUT2D eigenvalue weighted by molar-refractivity contribution is 5.97. The highest BCUT2D eigenvalue weighted by Gasteiger charge is 2.26. The van der Waals surface area contributed by atoms with Crippen LogP contribution in [0.4, 0.5) is 15.3 Å². The molecule has 8 nitrogen and oxygen atoms in total. The first kappa shape index (κ1) is 19.0. The third kappa shape index (κ3) is 4.90. The molecule has 1 saturated carbocycles. The van der Waals surface area contributed by atoms with Crippen LogP contribution in [0.5, 0.6) is 0 Å². The van der Waals surface area contributed by atoms with Gasteiger partial charge in [-0.25, -0.2) is 9.59 Å². The first-order chi connectivity index (χ1) is 13.0. The SMILES string of the molecule is CCOC(=O)N1CCN(C(=O)Nc2cc(C(=O)NC3CC3)ccc2C)CC1. The maximum atomic E-state index is 12.6. The minimum absolute atomic E-state index is 0.115. The van der Waals surface area contributed by atoms with Crippen molar-refractivity contribution in [2.24, 2.45) is 0 Å². The summed E-state index contributed by atoms with van der Waals surface area (Å²) in [4.78, 5) is 39.8. The summed E-state index contributed by atoms with van der Waals surface area (Å²) >= 11 is 0. The molecule has 0 atom stereocenters. The summed E-state index contributed by atoms with van der Waals surface area (Å²) in [5.74, 6) is -0.115. The van der Waals surface area contributed by atoms with E-state index in [1.54, 1.807) is 28.9 Å². The zero-order valence-electron chi connectivity index (χ0n) is 15.8. The molecule has 0 radical (unpaired) electrons. The highest BCUT2D eigenvalue weighted by atomic mass is 16.6. The Kier molecular flexibility index (Phi) is 5.83. The molecule has 1 aromatic rings. The molecule has 2 N–H and O–H groups in total. The van der Waals surface area contributed by atoms with Crippen LogP contribution in [0.1, 0.15) is 35.7 Å². The summed E-state index contributed by atoms with van der Waals surface area (Å²) in [6, 6.07) is 5.35. The molecule has 4 amide bonds. The minimum Gasteiger partial charge on any atom is -0.450 e. The molecule has 3 rings (SSSR count). The van der Waals surface area contributed by atoms with Crippen molar-refractivity contribution in [3.8, 4) is 0 Å². The quantitative estimate of drug-likeness (QED) is 0.845. The lowest BCUT2D eigenvalue weighted by molar-refractivity contribution is 0.0868. The molecule has 0 aromatic heterocycles. The van der Waals surface area contributed by atoms with E-state index in [9.17, 15) is 14.4 Å². The van der Waals surface area contributed by atoms with Gasteiger partial charge < -0.3 is 25.2 Å². The van der Waals surface area contributed by atoms with Gasteiger partial charge in [-0.15, -0.1) is 0 Å². The average molecular weight is 374 g/mol. The van der Waals surface area contributed by atoms with Crippen LogP contribution in [0.3, 0.4) is 0 Å². The van der Waals surface area contributed by atoms with Crippen molar-refractivity contribution in [2.45, 2.75) is 32.7 Å². The lowest BCUT2D eigenvalue weighted by atomic mass is 10.1. The van der Waals surface area contributed by atoms with Gasteiger partial charge in [0, 0.05) is 43.5 Å². The number of rotatable bonds is 4. The average Bonchev–Trinajstić information content (AvgIpc) is 3.47. The molecule has 1 heterocycles. The van der Waals surface area contributed by atoms with Gasteiger partial charge in [-0.1, -0.05) is 6.07 Å². The Morgan fingerprint density at radius 3 is 2.41 bits per heavy atom. The smallest absolute Gasteiger partial charge is 0.409 e. The van der Waals surface area contributed by atoms with E-state index in [2.05, 4.69) is 10.6 Å². The van der Waals surface area contributed by atoms with Gasteiger partial charge in [-0.3, -0.25) is 4.79 Å². The van der Waals surface area contributed by atoms with E-state index >= 15 is 0 Å². The van der Waals surface area contributed by atoms with Crippen molar-refractivity contribution < 1.29 is 19.1 Å². The number of benzene rings is 1. The van der Waals surface area contributed by atoms with Gasteiger partial charge >= 0.3 is 12.1 Å². The number of nitrogens with zero attached hydrogens (tertiary/aromatic N) is 2. The van der Waals surface area contributed by atoms with Crippen molar-refractivity contribution in [1.29, 1.82) is 0 Å². The van der Waals surface area contributed by atoms with E-state index < -0.39 is 0 Å². The highest BCUT2D eigenvalue weighted by Crippen LogP contribution is 2.21. The van der Waals surface area contributed by atoms with E-state index in [1.165, 1.54) is 0 Å². The molecule has 1 aliphatic heterocycles. The molecule has 0 bridgehead atoms. The summed E-state index contributed by atoms with van der Waals surface area (Å²) < 4.78 is 4.99. The number of hydrogen-bond donors (Lipinski definition) is 2. The molecular formula is C19H26N4O4. The summed E-state index contributed by atoms with van der Waals surface area (Å²) in [6.07, 6.45) is 1.71. The molecule has 0 unspecified atom stereocenters. The Labute approximate surface area is 158 Å². The molecular weight excluding hydrogens is 348 g/mol. The number of piperazine rings is 1. The third-order valence-corrected chi connectivity index (χ3v) is 4.75. The molecule has 146 valence electrons. The largest absolute Gasteiger partial charge is 0.450 e. The summed E-state index contributed by atoms with van der Waals surface area (Å²) in [5, 5.41) is 5.83. The molecule has 27 heavy (non-hydrogen) atoms. The molecule has 1 saturated heterocycles. The zero-order valence-corrected chi connectivity index (χ0v) is 15.8. The first-order valence-corrected chi connectivity index (χ1v) is 9.37. The van der Waals surface area contributed by atoms with Crippen LogP contribution in [0.15, 0.2) is 18.2 Å². The first-order valence-electron chi connectivity index (χ1n) is 9.37. The molecule has 2 aliphatic rings. The summed E-state index contributed by atoms with van der Waals surface area (Å²) in [6.45, 7) is 5.74. The van der Waals surface area contributed by atoms with E-state index in [4.69, 9.17) is 4.74 Å². The van der Waals surface area contributed by atoms with Gasteiger partial charge in [0.25, 0.3) is 5.91 Å². The lowest BCUT2D eigenvalue weighted by Crippen LogP contribution is -2.51. The van der Waals surface area contributed by atoms with Gasteiger partial charge in [0.1, 0.15) is 0 Å². The molecule has 2 fully saturated rings. The van der Waals surface area contributed by atoms with Crippen LogP contribution in [-0.4, -0.2) is 66.7 Å². The van der Waals surface area contributed by atoms with Crippen LogP contribution >= 0.6 is 0 Å². The summed E-state index contributed by atoms with van der Waals surface area (Å²) in [5.41, 5.74) is 2.04. The van der Waals surface area contributed by atoms with Crippen LogP contribution in [0.25, 0.3) is 0 Å². The van der Waals surface area contributed by atoms with Crippen molar-refractivity contribution in [1.82, 2.24) is 15.1 Å². The lowest BCUT2D eigenvalue weighted by Gasteiger charge is -2.34. The predicted octanol–water partition coefficient (Wildman–Crippen LogP) is 2.19. The van der Waals surface area contributed by atoms with Crippen molar-refractivity contribution in [3.05, 3.63) is 29.3 Å². The topological polar surface area (TPSA) is 91.0 Å². The van der Waals surface area contributed by atoms with Crippen molar-refractivity contribution in [2.75, 3.05) is 38.1 Å². The number of aryl methyl sites for hydroxylation is 1. The second-order valence-corrected chi connectivity index (χ2v) is 6.88. The van der Waals surface area contributed by atoms with Gasteiger partial charge in [-0.05, 0) is 44.4 Å². The van der Waals surface area contributed by atoms with Gasteiger partial charge in [0.05, 0.1) is 6.61 Å². The number of amides is 4. The molecule has 1 aliphatic carbocycles. The fourth-order valence-corrected chi connectivity index (χ4v) is 2.90. The standard InChI is InChI=1S/C19H26N4O4/c1-3-27-19(26)23-10-8-22(9-11-23)18(25)21-16-12-14(5-4-13(16)2)17(24)20-15-6-7-15/h4-5,12,15H,3,6-11H2,1-2H3,(H,20,24)(H,21,25).